The van der Waals surface area contributed by atoms with Crippen molar-refractivity contribution in [3.05, 3.63) is 54.2 Å². The molecule has 1 saturated heterocycles. The maximum absolute atomic E-state index is 6.09. The van der Waals surface area contributed by atoms with E-state index in [1.54, 1.807) is 0 Å². The summed E-state index contributed by atoms with van der Waals surface area (Å²) in [5.74, 6) is 0.906. The molecule has 1 aliphatic rings. The zero-order chi connectivity index (χ0) is 18.5. The molecule has 1 aromatic heterocycles. The molecule has 2 aromatic carbocycles. The molecule has 2 N–H and O–H groups in total. The van der Waals surface area contributed by atoms with Crippen molar-refractivity contribution in [1.29, 1.82) is 0 Å². The van der Waals surface area contributed by atoms with Crippen LogP contribution in [-0.2, 0) is 6.54 Å². The number of aromatic nitrogens is 2. The van der Waals surface area contributed by atoms with Gasteiger partial charge in [0.1, 0.15) is 12.4 Å². The fourth-order valence-electron chi connectivity index (χ4n) is 3.46. The van der Waals surface area contributed by atoms with E-state index < -0.39 is 0 Å². The lowest BCUT2D eigenvalue weighted by Crippen LogP contribution is -2.45. The lowest BCUT2D eigenvalue weighted by atomic mass is 10.1. The number of nitrogens with one attached hydrogen (secondary N) is 2. The van der Waals surface area contributed by atoms with Crippen molar-refractivity contribution in [1.82, 2.24) is 20.0 Å². The number of H-pyrrole nitrogens is 1. The van der Waals surface area contributed by atoms with E-state index in [-0.39, 0.29) is 0 Å². The number of rotatable bonds is 7. The smallest absolute Gasteiger partial charge is 0.142 e. The Bertz CT molecular complexity index is 870. The molecule has 6 nitrogen and oxygen atoms in total. The summed E-state index contributed by atoms with van der Waals surface area (Å²) in [5.41, 5.74) is 3.29. The van der Waals surface area contributed by atoms with E-state index in [2.05, 4.69) is 56.6 Å². The molecule has 6 heteroatoms. The first-order valence-electron chi connectivity index (χ1n) is 9.57. The van der Waals surface area contributed by atoms with Crippen molar-refractivity contribution in [2.75, 3.05) is 51.7 Å². The first-order valence-corrected chi connectivity index (χ1v) is 9.57. The largest absolute Gasteiger partial charge is 0.490 e. The first-order chi connectivity index (χ1) is 13.3. The van der Waals surface area contributed by atoms with E-state index in [9.17, 15) is 0 Å². The SMILES string of the molecule is CN1CCN(CCOc2ccccc2NCc2cccc3cn[nH]c23)CC1. The van der Waals surface area contributed by atoms with E-state index in [4.69, 9.17) is 4.74 Å². The minimum Gasteiger partial charge on any atom is -0.490 e. The molecule has 0 radical (unpaired) electrons. The molecular formula is C21H27N5O. The Morgan fingerprint density at radius 1 is 1.07 bits per heavy atom. The molecule has 0 unspecified atom stereocenters. The molecule has 3 aromatic rings. The number of hydrogen-bond acceptors (Lipinski definition) is 5. The Labute approximate surface area is 160 Å². The lowest BCUT2D eigenvalue weighted by Gasteiger charge is -2.32. The number of aromatic amines is 1. The summed E-state index contributed by atoms with van der Waals surface area (Å²) in [4.78, 5) is 4.84. The van der Waals surface area contributed by atoms with Gasteiger partial charge in [-0.3, -0.25) is 10.00 Å². The van der Waals surface area contributed by atoms with Gasteiger partial charge in [-0.05, 0) is 24.7 Å². The lowest BCUT2D eigenvalue weighted by molar-refractivity contribution is 0.134. The Kier molecular flexibility index (Phi) is 5.55. The third-order valence-corrected chi connectivity index (χ3v) is 5.18. The van der Waals surface area contributed by atoms with Crippen LogP contribution in [0.15, 0.2) is 48.7 Å². The van der Waals surface area contributed by atoms with E-state index in [1.807, 2.05) is 24.4 Å². The molecule has 0 saturated carbocycles. The molecule has 4 rings (SSSR count). The van der Waals surface area contributed by atoms with Crippen LogP contribution in [0.3, 0.4) is 0 Å². The van der Waals surface area contributed by atoms with Crippen LogP contribution in [0.1, 0.15) is 5.56 Å². The van der Waals surface area contributed by atoms with Crippen molar-refractivity contribution >= 4 is 16.6 Å². The molecule has 0 amide bonds. The van der Waals surface area contributed by atoms with Gasteiger partial charge in [0.05, 0.1) is 17.4 Å². The third-order valence-electron chi connectivity index (χ3n) is 5.18. The van der Waals surface area contributed by atoms with Crippen molar-refractivity contribution in [2.45, 2.75) is 6.54 Å². The first kappa shape index (κ1) is 17.8. The number of para-hydroxylation sites is 3. The van der Waals surface area contributed by atoms with Gasteiger partial charge in [0.25, 0.3) is 0 Å². The normalized spacial score (nSPS) is 15.9. The van der Waals surface area contributed by atoms with Crippen LogP contribution < -0.4 is 10.1 Å². The van der Waals surface area contributed by atoms with Crippen LogP contribution in [0, 0.1) is 0 Å². The van der Waals surface area contributed by atoms with Crippen LogP contribution >= 0.6 is 0 Å². The Hall–Kier alpha value is -2.57. The molecule has 0 bridgehead atoms. The number of hydrogen-bond donors (Lipinski definition) is 2. The van der Waals surface area contributed by atoms with Gasteiger partial charge in [-0.2, -0.15) is 5.10 Å². The Morgan fingerprint density at radius 2 is 1.93 bits per heavy atom. The quantitative estimate of drug-likeness (QED) is 0.674. The molecule has 2 heterocycles. The maximum atomic E-state index is 6.09. The topological polar surface area (TPSA) is 56.4 Å². The molecule has 27 heavy (non-hydrogen) atoms. The number of benzene rings is 2. The molecule has 0 atom stereocenters. The summed E-state index contributed by atoms with van der Waals surface area (Å²) < 4.78 is 6.09. The molecular weight excluding hydrogens is 338 g/mol. The van der Waals surface area contributed by atoms with Crippen molar-refractivity contribution < 1.29 is 4.74 Å². The number of fused-ring (bicyclic) bond motifs is 1. The molecule has 0 spiro atoms. The second-order valence-electron chi connectivity index (χ2n) is 7.09. The zero-order valence-electron chi connectivity index (χ0n) is 15.8. The minimum atomic E-state index is 0.707. The predicted octanol–water partition coefficient (Wildman–Crippen LogP) is 2.80. The summed E-state index contributed by atoms with van der Waals surface area (Å²) in [5, 5.41) is 11.9. The summed E-state index contributed by atoms with van der Waals surface area (Å²) in [6.45, 7) is 6.91. The van der Waals surface area contributed by atoms with E-state index in [1.165, 1.54) is 5.56 Å². The summed E-state index contributed by atoms with van der Waals surface area (Å²) in [7, 11) is 2.18. The number of piperazine rings is 1. The van der Waals surface area contributed by atoms with Gasteiger partial charge in [-0.15, -0.1) is 0 Å². The minimum absolute atomic E-state index is 0.707. The van der Waals surface area contributed by atoms with Gasteiger partial charge < -0.3 is 15.0 Å². The summed E-state index contributed by atoms with van der Waals surface area (Å²) >= 11 is 0. The second-order valence-corrected chi connectivity index (χ2v) is 7.09. The van der Waals surface area contributed by atoms with Crippen LogP contribution in [-0.4, -0.2) is 66.4 Å². The average molecular weight is 365 g/mol. The predicted molar refractivity (Wildman–Crippen MR) is 109 cm³/mol. The van der Waals surface area contributed by atoms with E-state index in [0.717, 1.165) is 61.6 Å². The highest BCUT2D eigenvalue weighted by molar-refractivity contribution is 5.81. The second kappa shape index (κ2) is 8.41. The highest BCUT2D eigenvalue weighted by Gasteiger charge is 2.13. The van der Waals surface area contributed by atoms with Crippen molar-refractivity contribution in [3.63, 3.8) is 0 Å². The van der Waals surface area contributed by atoms with E-state index >= 15 is 0 Å². The van der Waals surface area contributed by atoms with Gasteiger partial charge in [-0.1, -0.05) is 30.3 Å². The standard InChI is InChI=1S/C21H27N5O/c1-25-9-11-26(12-10-25)13-14-27-20-8-3-2-7-19(20)22-15-17-5-4-6-18-16-23-24-21(17)18/h2-8,16,22H,9-15H2,1H3,(H,23,24). The molecule has 1 fully saturated rings. The van der Waals surface area contributed by atoms with Crippen LogP contribution in [0.5, 0.6) is 5.75 Å². The Balaban J connectivity index is 1.34. The highest BCUT2D eigenvalue weighted by atomic mass is 16.5. The third kappa shape index (κ3) is 4.40. The number of nitrogens with zero attached hydrogens (tertiary/aromatic N) is 3. The maximum Gasteiger partial charge on any atom is 0.142 e. The number of ether oxygens (including phenoxy) is 1. The zero-order valence-corrected chi connectivity index (χ0v) is 15.8. The molecule has 1 aliphatic heterocycles. The van der Waals surface area contributed by atoms with Crippen LogP contribution in [0.2, 0.25) is 0 Å². The number of likely N-dealkylation sites (N-methyl/N-ethyl adjacent to an activating group) is 1. The highest BCUT2D eigenvalue weighted by Crippen LogP contribution is 2.25. The van der Waals surface area contributed by atoms with Crippen LogP contribution in [0.25, 0.3) is 10.9 Å². The summed E-state index contributed by atoms with van der Waals surface area (Å²) in [6.07, 6.45) is 1.86. The monoisotopic (exact) mass is 365 g/mol. The van der Waals surface area contributed by atoms with Gasteiger partial charge >= 0.3 is 0 Å². The average Bonchev–Trinajstić information content (AvgIpc) is 3.18. The van der Waals surface area contributed by atoms with Gasteiger partial charge in [0, 0.05) is 44.7 Å². The fourth-order valence-corrected chi connectivity index (χ4v) is 3.46. The van der Waals surface area contributed by atoms with Crippen molar-refractivity contribution in [3.8, 4) is 5.75 Å². The fraction of sp³-hybridized carbons (Fsp3) is 0.381. The van der Waals surface area contributed by atoms with Gasteiger partial charge in [0.2, 0.25) is 0 Å². The number of anilines is 1. The van der Waals surface area contributed by atoms with E-state index in [0.29, 0.717) is 6.61 Å². The van der Waals surface area contributed by atoms with Gasteiger partial charge in [-0.25, -0.2) is 0 Å². The molecule has 0 aliphatic carbocycles. The molecule has 142 valence electrons. The Morgan fingerprint density at radius 3 is 2.81 bits per heavy atom. The summed E-state index contributed by atoms with van der Waals surface area (Å²) in [6, 6.07) is 14.4. The van der Waals surface area contributed by atoms with Crippen LogP contribution in [0.4, 0.5) is 5.69 Å². The van der Waals surface area contributed by atoms with Crippen molar-refractivity contribution in [2.24, 2.45) is 0 Å². The van der Waals surface area contributed by atoms with Gasteiger partial charge in [0.15, 0.2) is 0 Å².